The summed E-state index contributed by atoms with van der Waals surface area (Å²) in [6.07, 6.45) is 2.56. The lowest BCUT2D eigenvalue weighted by Crippen LogP contribution is -2.38. The Morgan fingerprint density at radius 1 is 1.25 bits per heavy atom. The van der Waals surface area contributed by atoms with E-state index in [1.807, 2.05) is 7.05 Å². The maximum Gasteiger partial charge on any atom is 0.128 e. The third-order valence-electron chi connectivity index (χ3n) is 4.59. The molecule has 1 saturated heterocycles. The summed E-state index contributed by atoms with van der Waals surface area (Å²) in [5.41, 5.74) is 2.88. The fraction of sp³-hybridized carbons (Fsp3) is 0.706. The van der Waals surface area contributed by atoms with Crippen molar-refractivity contribution in [3.8, 4) is 0 Å². The monoisotopic (exact) mass is 275 g/mol. The van der Waals surface area contributed by atoms with E-state index in [4.69, 9.17) is 4.98 Å². The summed E-state index contributed by atoms with van der Waals surface area (Å²) in [4.78, 5) is 7.23. The summed E-state index contributed by atoms with van der Waals surface area (Å²) in [6, 6.07) is 4.39. The van der Waals surface area contributed by atoms with Gasteiger partial charge in [-0.25, -0.2) is 4.98 Å². The maximum absolute atomic E-state index is 4.79. The topological polar surface area (TPSA) is 28.2 Å². The largest absolute Gasteiger partial charge is 0.357 e. The molecule has 112 valence electrons. The first-order valence-corrected chi connectivity index (χ1v) is 7.78. The summed E-state index contributed by atoms with van der Waals surface area (Å²) in [5, 5.41) is 3.19. The highest BCUT2D eigenvalue weighted by molar-refractivity contribution is 5.42. The molecule has 0 atom stereocenters. The van der Waals surface area contributed by atoms with E-state index in [1.165, 1.54) is 18.4 Å². The minimum atomic E-state index is 0.437. The van der Waals surface area contributed by atoms with Gasteiger partial charge in [0.2, 0.25) is 0 Å². The van der Waals surface area contributed by atoms with E-state index in [9.17, 15) is 0 Å². The maximum atomic E-state index is 4.79. The van der Waals surface area contributed by atoms with E-state index >= 15 is 0 Å². The summed E-state index contributed by atoms with van der Waals surface area (Å²) in [6.45, 7) is 12.4. The Morgan fingerprint density at radius 3 is 2.40 bits per heavy atom. The number of anilines is 1. The van der Waals surface area contributed by atoms with Gasteiger partial charge in [-0.2, -0.15) is 0 Å². The lowest BCUT2D eigenvalue weighted by Gasteiger charge is -2.39. The second kappa shape index (κ2) is 6.13. The van der Waals surface area contributed by atoms with Gasteiger partial charge < -0.3 is 10.2 Å². The molecule has 0 saturated carbocycles. The Bertz CT molecular complexity index is 440. The standard InChI is InChI=1S/C17H29N3/c1-13-14(12-18-5)6-7-16(19-13)20-10-8-15(9-11-20)17(2,3)4/h6-7,15,18H,8-12H2,1-5H3. The molecule has 2 rings (SSSR count). The summed E-state index contributed by atoms with van der Waals surface area (Å²) >= 11 is 0. The van der Waals surface area contributed by atoms with Crippen molar-refractivity contribution in [3.63, 3.8) is 0 Å². The molecule has 0 aliphatic carbocycles. The van der Waals surface area contributed by atoms with Crippen LogP contribution in [0.3, 0.4) is 0 Å². The second-order valence-electron chi connectivity index (χ2n) is 7.07. The van der Waals surface area contributed by atoms with Crippen LogP contribution >= 0.6 is 0 Å². The second-order valence-corrected chi connectivity index (χ2v) is 7.07. The molecule has 2 heterocycles. The van der Waals surface area contributed by atoms with Gasteiger partial charge in [0, 0.05) is 25.3 Å². The molecule has 3 nitrogen and oxygen atoms in total. The van der Waals surface area contributed by atoms with Crippen LogP contribution in [0.25, 0.3) is 0 Å². The van der Waals surface area contributed by atoms with Gasteiger partial charge >= 0.3 is 0 Å². The van der Waals surface area contributed by atoms with Crippen molar-refractivity contribution in [2.45, 2.75) is 47.1 Å². The highest BCUT2D eigenvalue weighted by atomic mass is 15.2. The van der Waals surface area contributed by atoms with Crippen molar-refractivity contribution in [2.75, 3.05) is 25.0 Å². The molecule has 20 heavy (non-hydrogen) atoms. The van der Waals surface area contributed by atoms with Gasteiger partial charge in [0.25, 0.3) is 0 Å². The first-order chi connectivity index (χ1) is 9.41. The van der Waals surface area contributed by atoms with Crippen LogP contribution < -0.4 is 10.2 Å². The first kappa shape index (κ1) is 15.3. The first-order valence-electron chi connectivity index (χ1n) is 7.78. The zero-order chi connectivity index (χ0) is 14.8. The van der Waals surface area contributed by atoms with Crippen molar-refractivity contribution in [3.05, 3.63) is 23.4 Å². The zero-order valence-electron chi connectivity index (χ0n) is 13.7. The van der Waals surface area contributed by atoms with Crippen LogP contribution in [0.1, 0.15) is 44.9 Å². The number of rotatable bonds is 3. The van der Waals surface area contributed by atoms with Crippen molar-refractivity contribution < 1.29 is 0 Å². The Balaban J connectivity index is 2.02. The SMILES string of the molecule is CNCc1ccc(N2CCC(C(C)(C)C)CC2)nc1C. The quantitative estimate of drug-likeness (QED) is 0.916. The molecule has 0 spiro atoms. The number of aromatic nitrogens is 1. The molecule has 0 amide bonds. The van der Waals surface area contributed by atoms with Crippen molar-refractivity contribution in [1.29, 1.82) is 0 Å². The fourth-order valence-electron chi connectivity index (χ4n) is 3.10. The minimum absolute atomic E-state index is 0.437. The molecule has 1 aromatic heterocycles. The summed E-state index contributed by atoms with van der Waals surface area (Å²) < 4.78 is 0. The minimum Gasteiger partial charge on any atom is -0.357 e. The molecule has 0 unspecified atom stereocenters. The average Bonchev–Trinajstić information content (AvgIpc) is 2.40. The molecule has 0 radical (unpaired) electrons. The zero-order valence-corrected chi connectivity index (χ0v) is 13.7. The predicted octanol–water partition coefficient (Wildman–Crippen LogP) is 3.37. The molecule has 0 bridgehead atoms. The van der Waals surface area contributed by atoms with Crippen LogP contribution in [-0.2, 0) is 6.54 Å². The lowest BCUT2D eigenvalue weighted by molar-refractivity contribution is 0.198. The fourth-order valence-corrected chi connectivity index (χ4v) is 3.10. The number of hydrogen-bond acceptors (Lipinski definition) is 3. The van der Waals surface area contributed by atoms with Gasteiger partial charge in [-0.15, -0.1) is 0 Å². The molecule has 1 aliphatic rings. The van der Waals surface area contributed by atoms with Crippen LogP contribution in [-0.4, -0.2) is 25.1 Å². The molecule has 1 aromatic rings. The highest BCUT2D eigenvalue weighted by Gasteiger charge is 2.29. The molecule has 1 fully saturated rings. The molecule has 3 heteroatoms. The van der Waals surface area contributed by atoms with Crippen LogP contribution in [0.2, 0.25) is 0 Å². The van der Waals surface area contributed by atoms with E-state index in [2.05, 4.69) is 50.0 Å². The number of nitrogens with one attached hydrogen (secondary N) is 1. The highest BCUT2D eigenvalue weighted by Crippen LogP contribution is 2.35. The number of piperidine rings is 1. The van der Waals surface area contributed by atoms with E-state index in [0.29, 0.717) is 5.41 Å². The molecule has 0 aromatic carbocycles. The molecule has 1 aliphatic heterocycles. The van der Waals surface area contributed by atoms with Gasteiger partial charge in [-0.3, -0.25) is 0 Å². The van der Waals surface area contributed by atoms with Gasteiger partial charge in [-0.05, 0) is 49.8 Å². The molecular weight excluding hydrogens is 246 g/mol. The smallest absolute Gasteiger partial charge is 0.128 e. The van der Waals surface area contributed by atoms with Gasteiger partial charge in [0.15, 0.2) is 0 Å². The van der Waals surface area contributed by atoms with E-state index in [0.717, 1.165) is 37.1 Å². The van der Waals surface area contributed by atoms with E-state index in [-0.39, 0.29) is 0 Å². The third-order valence-corrected chi connectivity index (χ3v) is 4.59. The van der Waals surface area contributed by atoms with E-state index < -0.39 is 0 Å². The molecular formula is C17H29N3. The van der Waals surface area contributed by atoms with Crippen molar-refractivity contribution >= 4 is 5.82 Å². The number of hydrogen-bond donors (Lipinski definition) is 1. The molecule has 1 N–H and O–H groups in total. The van der Waals surface area contributed by atoms with Crippen LogP contribution in [0.5, 0.6) is 0 Å². The normalized spacial score (nSPS) is 17.6. The Morgan fingerprint density at radius 2 is 1.90 bits per heavy atom. The van der Waals surface area contributed by atoms with Gasteiger partial charge in [0.1, 0.15) is 5.82 Å². The van der Waals surface area contributed by atoms with Crippen LogP contribution in [0, 0.1) is 18.3 Å². The van der Waals surface area contributed by atoms with Gasteiger partial charge in [0.05, 0.1) is 0 Å². The third kappa shape index (κ3) is 3.51. The average molecular weight is 275 g/mol. The Labute approximate surface area is 123 Å². The van der Waals surface area contributed by atoms with Crippen LogP contribution in [0.15, 0.2) is 12.1 Å². The number of aryl methyl sites for hydroxylation is 1. The van der Waals surface area contributed by atoms with E-state index in [1.54, 1.807) is 0 Å². The van der Waals surface area contributed by atoms with Gasteiger partial charge in [-0.1, -0.05) is 26.8 Å². The van der Waals surface area contributed by atoms with Crippen LogP contribution in [0.4, 0.5) is 5.82 Å². The predicted molar refractivity (Wildman–Crippen MR) is 86.1 cm³/mol. The summed E-state index contributed by atoms with van der Waals surface area (Å²) in [7, 11) is 1.98. The Hall–Kier alpha value is -1.09. The van der Waals surface area contributed by atoms with Crippen molar-refractivity contribution in [2.24, 2.45) is 11.3 Å². The lowest BCUT2D eigenvalue weighted by atomic mass is 9.75. The summed E-state index contributed by atoms with van der Waals surface area (Å²) in [5.74, 6) is 1.98. The number of pyridine rings is 1. The number of nitrogens with zero attached hydrogens (tertiary/aromatic N) is 2. The Kier molecular flexibility index (Phi) is 4.69. The van der Waals surface area contributed by atoms with Crippen molar-refractivity contribution in [1.82, 2.24) is 10.3 Å².